The normalized spacial score (nSPS) is 18.1. The van der Waals surface area contributed by atoms with Crippen LogP contribution >= 0.6 is 0 Å². The molecule has 7 heavy (non-hydrogen) atoms. The van der Waals surface area contributed by atoms with Crippen molar-refractivity contribution in [2.45, 2.75) is 0 Å². The fourth-order valence-electron chi connectivity index (χ4n) is 0.434. The van der Waals surface area contributed by atoms with E-state index in [0.29, 0.717) is 6.61 Å². The Morgan fingerprint density at radius 1 is 1.71 bits per heavy atom. The van der Waals surface area contributed by atoms with Crippen LogP contribution in [0.5, 0.6) is 0 Å². The first-order valence-corrected chi connectivity index (χ1v) is 2.19. The molecule has 1 radical (unpaired) electrons. The minimum absolute atomic E-state index is 0.649. The molecule has 1 nitrogen and oxygen atoms in total. The van der Waals surface area contributed by atoms with Gasteiger partial charge in [0, 0.05) is 0 Å². The standard InChI is InChI=1S/C6H7O/c1-6-3-2-4-7-5-6/h2-4H,1,5H2. The second kappa shape index (κ2) is 1.82. The Labute approximate surface area is 43.3 Å². The van der Waals surface area contributed by atoms with Crippen molar-refractivity contribution in [3.05, 3.63) is 30.9 Å². The van der Waals surface area contributed by atoms with Gasteiger partial charge in [-0.3, -0.25) is 0 Å². The van der Waals surface area contributed by atoms with Gasteiger partial charge >= 0.3 is 0 Å². The predicted molar refractivity (Wildman–Crippen MR) is 28.5 cm³/mol. The molecule has 1 heteroatoms. The molecule has 0 aliphatic carbocycles. The van der Waals surface area contributed by atoms with Gasteiger partial charge in [0.05, 0.1) is 6.26 Å². The van der Waals surface area contributed by atoms with Crippen LogP contribution in [0.3, 0.4) is 0 Å². The topological polar surface area (TPSA) is 9.23 Å². The average molecular weight is 95.1 g/mol. The maximum Gasteiger partial charge on any atom is 0.109 e. The van der Waals surface area contributed by atoms with Gasteiger partial charge in [-0.2, -0.15) is 0 Å². The molecular weight excluding hydrogens is 88.1 g/mol. The van der Waals surface area contributed by atoms with Crippen LogP contribution in [0.2, 0.25) is 0 Å². The minimum atomic E-state index is 0.649. The lowest BCUT2D eigenvalue weighted by molar-refractivity contribution is 0.279. The third kappa shape index (κ3) is 1.07. The van der Waals surface area contributed by atoms with Gasteiger partial charge in [0.25, 0.3) is 0 Å². The lowest BCUT2D eigenvalue weighted by Gasteiger charge is -2.02. The summed E-state index contributed by atoms with van der Waals surface area (Å²) >= 11 is 0. The summed E-state index contributed by atoms with van der Waals surface area (Å²) in [5.41, 5.74) is 1.03. The Hall–Kier alpha value is -0.720. The van der Waals surface area contributed by atoms with E-state index in [1.54, 1.807) is 6.26 Å². The zero-order chi connectivity index (χ0) is 5.11. The molecule has 0 aromatic heterocycles. The van der Waals surface area contributed by atoms with Gasteiger partial charge in [-0.05, 0) is 18.6 Å². The predicted octanol–water partition coefficient (Wildman–Crippen LogP) is 1.29. The monoisotopic (exact) mass is 95.0 g/mol. The summed E-state index contributed by atoms with van der Waals surface area (Å²) in [5.74, 6) is 0. The van der Waals surface area contributed by atoms with E-state index in [-0.39, 0.29) is 0 Å². The molecule has 0 spiro atoms. The smallest absolute Gasteiger partial charge is 0.109 e. The molecule has 0 saturated carbocycles. The highest BCUT2D eigenvalue weighted by molar-refractivity contribution is 5.16. The van der Waals surface area contributed by atoms with E-state index in [9.17, 15) is 0 Å². The highest BCUT2D eigenvalue weighted by atomic mass is 16.5. The quantitative estimate of drug-likeness (QED) is 0.440. The van der Waals surface area contributed by atoms with Crippen LogP contribution in [0.1, 0.15) is 0 Å². The SMILES string of the molecule is [CH2]C1=CC=COC1. The molecule has 1 rings (SSSR count). The summed E-state index contributed by atoms with van der Waals surface area (Å²) in [6.45, 7) is 4.33. The number of rotatable bonds is 0. The Morgan fingerprint density at radius 2 is 2.57 bits per heavy atom. The lowest BCUT2D eigenvalue weighted by atomic mass is 10.3. The van der Waals surface area contributed by atoms with E-state index in [4.69, 9.17) is 4.74 Å². The molecule has 0 bridgehead atoms. The number of hydrogen-bond donors (Lipinski definition) is 0. The van der Waals surface area contributed by atoms with Crippen LogP contribution in [0, 0.1) is 6.92 Å². The zero-order valence-electron chi connectivity index (χ0n) is 4.05. The van der Waals surface area contributed by atoms with Crippen LogP contribution in [0.15, 0.2) is 24.0 Å². The van der Waals surface area contributed by atoms with Crippen LogP contribution in [0.25, 0.3) is 0 Å². The third-order valence-electron chi connectivity index (χ3n) is 0.775. The van der Waals surface area contributed by atoms with Gasteiger partial charge in [0.1, 0.15) is 6.61 Å². The molecule has 0 aromatic carbocycles. The van der Waals surface area contributed by atoms with Gasteiger partial charge in [0.2, 0.25) is 0 Å². The third-order valence-corrected chi connectivity index (χ3v) is 0.775. The summed E-state index contributed by atoms with van der Waals surface area (Å²) in [5, 5.41) is 0. The highest BCUT2D eigenvalue weighted by Crippen LogP contribution is 1.98. The second-order valence-electron chi connectivity index (χ2n) is 1.46. The van der Waals surface area contributed by atoms with E-state index < -0.39 is 0 Å². The Balaban J connectivity index is 2.57. The molecule has 0 saturated heterocycles. The maximum atomic E-state index is 4.87. The molecule has 1 heterocycles. The van der Waals surface area contributed by atoms with Crippen molar-refractivity contribution in [1.82, 2.24) is 0 Å². The molecule has 0 atom stereocenters. The lowest BCUT2D eigenvalue weighted by Crippen LogP contribution is -1.91. The Kier molecular flexibility index (Phi) is 1.16. The van der Waals surface area contributed by atoms with Crippen molar-refractivity contribution >= 4 is 0 Å². The average Bonchev–Trinajstić information content (AvgIpc) is 1.69. The number of ether oxygens (including phenoxy) is 1. The number of allylic oxidation sites excluding steroid dienone is 2. The van der Waals surface area contributed by atoms with Crippen molar-refractivity contribution in [2.24, 2.45) is 0 Å². The largest absolute Gasteiger partial charge is 0.497 e. The molecule has 0 amide bonds. The molecule has 37 valence electrons. The van der Waals surface area contributed by atoms with Crippen molar-refractivity contribution in [3.8, 4) is 0 Å². The molecule has 0 aromatic rings. The van der Waals surface area contributed by atoms with Crippen LogP contribution < -0.4 is 0 Å². The van der Waals surface area contributed by atoms with Gasteiger partial charge in [-0.25, -0.2) is 0 Å². The summed E-state index contributed by atoms with van der Waals surface area (Å²) in [4.78, 5) is 0. The fourth-order valence-corrected chi connectivity index (χ4v) is 0.434. The number of hydrogen-bond acceptors (Lipinski definition) is 1. The molecule has 1 aliphatic heterocycles. The second-order valence-corrected chi connectivity index (χ2v) is 1.46. The summed E-state index contributed by atoms with van der Waals surface area (Å²) in [6.07, 6.45) is 5.43. The van der Waals surface area contributed by atoms with Crippen LogP contribution in [-0.2, 0) is 4.74 Å². The van der Waals surface area contributed by atoms with E-state index in [2.05, 4.69) is 6.92 Å². The van der Waals surface area contributed by atoms with Gasteiger partial charge < -0.3 is 4.74 Å². The fraction of sp³-hybridized carbons (Fsp3) is 0.167. The maximum absolute atomic E-state index is 4.87. The van der Waals surface area contributed by atoms with Gasteiger partial charge in [-0.15, -0.1) is 0 Å². The van der Waals surface area contributed by atoms with Crippen LogP contribution in [0.4, 0.5) is 0 Å². The van der Waals surface area contributed by atoms with Crippen molar-refractivity contribution < 1.29 is 4.74 Å². The minimum Gasteiger partial charge on any atom is -0.497 e. The molecule has 0 unspecified atom stereocenters. The van der Waals surface area contributed by atoms with Gasteiger partial charge in [-0.1, -0.05) is 6.08 Å². The summed E-state index contributed by atoms with van der Waals surface area (Å²) in [6, 6.07) is 0. The Bertz CT molecular complexity index is 111. The first-order chi connectivity index (χ1) is 3.39. The highest BCUT2D eigenvalue weighted by Gasteiger charge is 1.88. The Morgan fingerprint density at radius 3 is 2.86 bits per heavy atom. The van der Waals surface area contributed by atoms with E-state index in [0.717, 1.165) is 5.57 Å². The molecule has 1 aliphatic rings. The van der Waals surface area contributed by atoms with E-state index in [1.807, 2.05) is 12.2 Å². The van der Waals surface area contributed by atoms with Crippen molar-refractivity contribution in [1.29, 1.82) is 0 Å². The summed E-state index contributed by atoms with van der Waals surface area (Å²) < 4.78 is 4.87. The van der Waals surface area contributed by atoms with E-state index >= 15 is 0 Å². The zero-order valence-corrected chi connectivity index (χ0v) is 4.05. The first-order valence-electron chi connectivity index (χ1n) is 2.19. The molecular formula is C6H7O. The van der Waals surface area contributed by atoms with Crippen molar-refractivity contribution in [3.63, 3.8) is 0 Å². The molecule has 0 fully saturated rings. The van der Waals surface area contributed by atoms with Crippen LogP contribution in [-0.4, -0.2) is 6.61 Å². The summed E-state index contributed by atoms with van der Waals surface area (Å²) in [7, 11) is 0. The first kappa shape index (κ1) is 4.44. The van der Waals surface area contributed by atoms with E-state index in [1.165, 1.54) is 0 Å². The molecule has 0 N–H and O–H groups in total. The van der Waals surface area contributed by atoms with Gasteiger partial charge in [0.15, 0.2) is 0 Å². The van der Waals surface area contributed by atoms with Crippen molar-refractivity contribution in [2.75, 3.05) is 6.61 Å².